The number of carbonyl (C=O) groups is 1. The second kappa shape index (κ2) is 7.44. The molecule has 1 aromatic rings. The Morgan fingerprint density at radius 2 is 1.60 bits per heavy atom. The van der Waals surface area contributed by atoms with Gasteiger partial charge in [-0.3, -0.25) is 4.79 Å². The van der Waals surface area contributed by atoms with Crippen LogP contribution in [-0.4, -0.2) is 12.5 Å². The van der Waals surface area contributed by atoms with E-state index in [9.17, 15) is 4.79 Å². The van der Waals surface area contributed by atoms with Gasteiger partial charge in [-0.1, -0.05) is 12.1 Å². The van der Waals surface area contributed by atoms with Crippen LogP contribution in [0.5, 0.6) is 0 Å². The van der Waals surface area contributed by atoms with Crippen LogP contribution in [0.3, 0.4) is 0 Å². The fourth-order valence-electron chi connectivity index (χ4n) is 3.20. The molecule has 0 saturated carbocycles. The number of rotatable bonds is 7. The first-order valence-electron chi connectivity index (χ1n) is 7.83. The summed E-state index contributed by atoms with van der Waals surface area (Å²) in [5.41, 5.74) is 16.7. The summed E-state index contributed by atoms with van der Waals surface area (Å²) >= 11 is 0. The number of aryl methyl sites for hydroxylation is 2. The van der Waals surface area contributed by atoms with Gasteiger partial charge in [0, 0.05) is 6.42 Å². The number of hydrogen-bond acceptors (Lipinski definition) is 2. The number of amides is 1. The molecule has 110 valence electrons. The molecule has 0 aromatic heterocycles. The highest BCUT2D eigenvalue weighted by molar-refractivity contribution is 5.74. The molecule has 0 bridgehead atoms. The van der Waals surface area contributed by atoms with Gasteiger partial charge in [0.05, 0.1) is 0 Å². The second-order valence-electron chi connectivity index (χ2n) is 5.76. The topological polar surface area (TPSA) is 69.1 Å². The molecule has 0 atom stereocenters. The molecule has 2 rings (SSSR count). The first-order valence-corrected chi connectivity index (χ1v) is 7.83. The summed E-state index contributed by atoms with van der Waals surface area (Å²) < 4.78 is 0. The van der Waals surface area contributed by atoms with E-state index >= 15 is 0 Å². The minimum absolute atomic E-state index is 0.207. The Kier molecular flexibility index (Phi) is 5.60. The molecule has 3 nitrogen and oxygen atoms in total. The normalized spacial score (nSPS) is 14.1. The molecule has 0 heterocycles. The zero-order chi connectivity index (χ0) is 14.4. The lowest BCUT2D eigenvalue weighted by Gasteiger charge is -2.23. The van der Waals surface area contributed by atoms with Crippen molar-refractivity contribution in [2.45, 2.75) is 57.8 Å². The van der Waals surface area contributed by atoms with Gasteiger partial charge in [-0.25, -0.2) is 0 Å². The highest BCUT2D eigenvalue weighted by Crippen LogP contribution is 2.29. The molecule has 3 heteroatoms. The van der Waals surface area contributed by atoms with E-state index in [-0.39, 0.29) is 5.91 Å². The number of primary amides is 1. The average Bonchev–Trinajstić information content (AvgIpc) is 2.46. The second-order valence-corrected chi connectivity index (χ2v) is 5.76. The van der Waals surface area contributed by atoms with Crippen molar-refractivity contribution < 1.29 is 4.79 Å². The largest absolute Gasteiger partial charge is 0.370 e. The Hall–Kier alpha value is -1.35. The smallest absolute Gasteiger partial charge is 0.217 e. The molecular weight excluding hydrogens is 248 g/mol. The van der Waals surface area contributed by atoms with Crippen molar-refractivity contribution in [3.8, 4) is 0 Å². The lowest BCUT2D eigenvalue weighted by atomic mass is 9.83. The Morgan fingerprint density at radius 3 is 2.15 bits per heavy atom. The van der Waals surface area contributed by atoms with Gasteiger partial charge in [0.25, 0.3) is 0 Å². The van der Waals surface area contributed by atoms with Crippen molar-refractivity contribution in [1.29, 1.82) is 0 Å². The number of hydrogen-bond donors (Lipinski definition) is 2. The Balaban J connectivity index is 2.17. The van der Waals surface area contributed by atoms with Gasteiger partial charge in [0.2, 0.25) is 5.91 Å². The van der Waals surface area contributed by atoms with Crippen LogP contribution in [0.15, 0.2) is 12.1 Å². The van der Waals surface area contributed by atoms with Gasteiger partial charge in [-0.15, -0.1) is 0 Å². The summed E-state index contributed by atoms with van der Waals surface area (Å²) in [6.45, 7) is 0.777. The Labute approximate surface area is 121 Å². The number of benzene rings is 1. The van der Waals surface area contributed by atoms with Gasteiger partial charge < -0.3 is 11.5 Å². The monoisotopic (exact) mass is 274 g/mol. The molecular formula is C17H26N2O. The maximum absolute atomic E-state index is 11.0. The molecule has 1 aliphatic carbocycles. The van der Waals surface area contributed by atoms with Crippen LogP contribution >= 0.6 is 0 Å². The van der Waals surface area contributed by atoms with Crippen LogP contribution in [0.2, 0.25) is 0 Å². The summed E-state index contributed by atoms with van der Waals surface area (Å²) in [5.74, 6) is -0.207. The van der Waals surface area contributed by atoms with Crippen molar-refractivity contribution in [2.24, 2.45) is 11.5 Å². The van der Waals surface area contributed by atoms with Crippen LogP contribution < -0.4 is 11.5 Å². The molecule has 4 N–H and O–H groups in total. The summed E-state index contributed by atoms with van der Waals surface area (Å²) in [6, 6.07) is 4.47. The molecule has 1 aromatic carbocycles. The zero-order valence-electron chi connectivity index (χ0n) is 12.3. The fraction of sp³-hybridized carbons (Fsp3) is 0.588. The van der Waals surface area contributed by atoms with Gasteiger partial charge in [-0.2, -0.15) is 0 Å². The minimum Gasteiger partial charge on any atom is -0.370 e. The van der Waals surface area contributed by atoms with E-state index in [2.05, 4.69) is 12.1 Å². The van der Waals surface area contributed by atoms with Crippen molar-refractivity contribution in [3.05, 3.63) is 34.4 Å². The summed E-state index contributed by atoms with van der Waals surface area (Å²) in [5, 5.41) is 0. The van der Waals surface area contributed by atoms with E-state index < -0.39 is 0 Å². The van der Waals surface area contributed by atoms with Gasteiger partial charge in [-0.05, 0) is 80.2 Å². The van der Waals surface area contributed by atoms with Crippen molar-refractivity contribution in [1.82, 2.24) is 0 Å². The first kappa shape index (κ1) is 15.0. The summed E-state index contributed by atoms with van der Waals surface area (Å²) in [4.78, 5) is 11.0. The van der Waals surface area contributed by atoms with Gasteiger partial charge >= 0.3 is 0 Å². The number of nitrogens with two attached hydrogens (primary N) is 2. The molecule has 20 heavy (non-hydrogen) atoms. The summed E-state index contributed by atoms with van der Waals surface area (Å²) in [6.07, 6.45) is 9.56. The minimum atomic E-state index is -0.207. The lowest BCUT2D eigenvalue weighted by molar-refractivity contribution is -0.117. The van der Waals surface area contributed by atoms with Gasteiger partial charge in [0.1, 0.15) is 0 Å². The first-order chi connectivity index (χ1) is 9.72. The standard InChI is InChI=1S/C17H26N2O/c18-12-4-3-5-13-8-9-14(10-11-17(19)20)16-7-2-1-6-15(13)16/h8-9H,1-7,10-12,18H2,(H2,19,20). The van der Waals surface area contributed by atoms with Crippen LogP contribution in [0.25, 0.3) is 0 Å². The van der Waals surface area contributed by atoms with Crippen LogP contribution in [0.4, 0.5) is 0 Å². The third kappa shape index (κ3) is 3.83. The van der Waals surface area contributed by atoms with Crippen molar-refractivity contribution in [3.63, 3.8) is 0 Å². The molecule has 0 radical (unpaired) electrons. The van der Waals surface area contributed by atoms with E-state index in [4.69, 9.17) is 11.5 Å². The highest BCUT2D eigenvalue weighted by atomic mass is 16.1. The molecule has 0 spiro atoms. The van der Waals surface area contributed by atoms with Crippen LogP contribution in [-0.2, 0) is 30.5 Å². The quantitative estimate of drug-likeness (QED) is 0.749. The molecule has 0 aliphatic heterocycles. The van der Waals surface area contributed by atoms with Crippen LogP contribution in [0.1, 0.15) is 54.4 Å². The van der Waals surface area contributed by atoms with E-state index in [1.165, 1.54) is 42.4 Å². The summed E-state index contributed by atoms with van der Waals surface area (Å²) in [7, 11) is 0. The van der Waals surface area contributed by atoms with Crippen LogP contribution in [0, 0.1) is 0 Å². The number of carbonyl (C=O) groups excluding carboxylic acids is 1. The molecule has 0 fully saturated rings. The predicted molar refractivity (Wildman–Crippen MR) is 82.6 cm³/mol. The maximum Gasteiger partial charge on any atom is 0.217 e. The molecule has 0 unspecified atom stereocenters. The fourth-order valence-corrected chi connectivity index (χ4v) is 3.20. The van der Waals surface area contributed by atoms with Crippen molar-refractivity contribution >= 4 is 5.91 Å². The van der Waals surface area contributed by atoms with E-state index in [1.807, 2.05) is 0 Å². The maximum atomic E-state index is 11.0. The molecule has 1 amide bonds. The van der Waals surface area contributed by atoms with Crippen molar-refractivity contribution in [2.75, 3.05) is 6.54 Å². The predicted octanol–water partition coefficient (Wildman–Crippen LogP) is 2.26. The number of unbranched alkanes of at least 4 members (excludes halogenated alkanes) is 1. The third-order valence-corrected chi connectivity index (χ3v) is 4.27. The third-order valence-electron chi connectivity index (χ3n) is 4.27. The Morgan fingerprint density at radius 1 is 1.00 bits per heavy atom. The molecule has 0 saturated heterocycles. The van der Waals surface area contributed by atoms with E-state index in [0.717, 1.165) is 32.2 Å². The number of fused-ring (bicyclic) bond motifs is 1. The van der Waals surface area contributed by atoms with E-state index in [0.29, 0.717) is 6.42 Å². The Bertz CT molecular complexity index is 468. The molecule has 1 aliphatic rings. The highest BCUT2D eigenvalue weighted by Gasteiger charge is 2.16. The lowest BCUT2D eigenvalue weighted by Crippen LogP contribution is -2.14. The SMILES string of the molecule is NCCCCc1ccc(CCC(N)=O)c2c1CCCC2. The van der Waals surface area contributed by atoms with Gasteiger partial charge in [0.15, 0.2) is 0 Å². The van der Waals surface area contributed by atoms with E-state index in [1.54, 1.807) is 5.56 Å². The average molecular weight is 274 g/mol. The zero-order valence-corrected chi connectivity index (χ0v) is 12.3.